The molecule has 1 amide bonds. The van der Waals surface area contributed by atoms with Gasteiger partial charge in [-0.3, -0.25) is 9.52 Å². The van der Waals surface area contributed by atoms with E-state index in [0.717, 1.165) is 24.3 Å². The maximum absolute atomic E-state index is 13.9. The SMILES string of the molecule is O=C(Nc1cc(Cl)ccc1NS(=O)(=O)c1ccccc1F)c1ccc(F)cc1. The number of sulfonamides is 1. The topological polar surface area (TPSA) is 75.3 Å². The lowest BCUT2D eigenvalue weighted by molar-refractivity contribution is 0.102. The van der Waals surface area contributed by atoms with Crippen molar-refractivity contribution in [1.82, 2.24) is 0 Å². The predicted molar refractivity (Wildman–Crippen MR) is 103 cm³/mol. The number of hydrogen-bond donors (Lipinski definition) is 2. The van der Waals surface area contributed by atoms with Gasteiger partial charge in [0.1, 0.15) is 16.5 Å². The maximum atomic E-state index is 13.9. The Labute approximate surface area is 165 Å². The second-order valence-corrected chi connectivity index (χ2v) is 7.77. The highest BCUT2D eigenvalue weighted by Crippen LogP contribution is 2.29. The monoisotopic (exact) mass is 422 g/mol. The molecule has 28 heavy (non-hydrogen) atoms. The molecule has 2 N–H and O–H groups in total. The number of carbonyl (C=O) groups excluding carboxylic acids is 1. The first kappa shape index (κ1) is 19.8. The van der Waals surface area contributed by atoms with Gasteiger partial charge in [-0.2, -0.15) is 0 Å². The van der Waals surface area contributed by atoms with Crippen molar-refractivity contribution in [1.29, 1.82) is 0 Å². The summed E-state index contributed by atoms with van der Waals surface area (Å²) in [7, 11) is -4.25. The van der Waals surface area contributed by atoms with Gasteiger partial charge in [0.15, 0.2) is 0 Å². The van der Waals surface area contributed by atoms with E-state index < -0.39 is 32.5 Å². The molecule has 0 saturated heterocycles. The van der Waals surface area contributed by atoms with Crippen LogP contribution in [0.5, 0.6) is 0 Å². The highest BCUT2D eigenvalue weighted by molar-refractivity contribution is 7.92. The van der Waals surface area contributed by atoms with Crippen molar-refractivity contribution >= 4 is 38.9 Å². The Balaban J connectivity index is 1.92. The van der Waals surface area contributed by atoms with Crippen LogP contribution >= 0.6 is 11.6 Å². The summed E-state index contributed by atoms with van der Waals surface area (Å²) < 4.78 is 54.2. The van der Waals surface area contributed by atoms with Gasteiger partial charge in [0, 0.05) is 10.6 Å². The van der Waals surface area contributed by atoms with Crippen LogP contribution in [-0.2, 0) is 10.0 Å². The summed E-state index contributed by atoms with van der Waals surface area (Å²) in [6.07, 6.45) is 0. The van der Waals surface area contributed by atoms with Crippen LogP contribution in [0.3, 0.4) is 0 Å². The Morgan fingerprint density at radius 1 is 0.893 bits per heavy atom. The van der Waals surface area contributed by atoms with Gasteiger partial charge in [0.05, 0.1) is 11.4 Å². The summed E-state index contributed by atoms with van der Waals surface area (Å²) in [4.78, 5) is 11.8. The molecule has 5 nitrogen and oxygen atoms in total. The van der Waals surface area contributed by atoms with Crippen LogP contribution in [0.2, 0.25) is 5.02 Å². The molecule has 0 radical (unpaired) electrons. The van der Waals surface area contributed by atoms with Crippen molar-refractivity contribution in [2.75, 3.05) is 10.0 Å². The maximum Gasteiger partial charge on any atom is 0.264 e. The summed E-state index contributed by atoms with van der Waals surface area (Å²) in [5.41, 5.74) is 0.203. The molecule has 0 spiro atoms. The van der Waals surface area contributed by atoms with Crippen LogP contribution in [-0.4, -0.2) is 14.3 Å². The summed E-state index contributed by atoms with van der Waals surface area (Å²) in [6, 6.07) is 13.8. The van der Waals surface area contributed by atoms with E-state index in [0.29, 0.717) is 0 Å². The van der Waals surface area contributed by atoms with Crippen molar-refractivity contribution in [2.24, 2.45) is 0 Å². The van der Waals surface area contributed by atoms with E-state index in [4.69, 9.17) is 11.6 Å². The lowest BCUT2D eigenvalue weighted by atomic mass is 10.2. The van der Waals surface area contributed by atoms with Gasteiger partial charge in [-0.25, -0.2) is 17.2 Å². The lowest BCUT2D eigenvalue weighted by Crippen LogP contribution is -2.18. The number of amides is 1. The Morgan fingerprint density at radius 2 is 1.57 bits per heavy atom. The molecule has 0 saturated carbocycles. The van der Waals surface area contributed by atoms with Crippen molar-refractivity contribution < 1.29 is 22.0 Å². The first-order valence-corrected chi connectivity index (χ1v) is 9.76. The molecule has 0 aliphatic heterocycles. The molecule has 0 unspecified atom stereocenters. The lowest BCUT2D eigenvalue weighted by Gasteiger charge is -2.14. The zero-order chi connectivity index (χ0) is 20.3. The van der Waals surface area contributed by atoms with Crippen LogP contribution in [0, 0.1) is 11.6 Å². The van der Waals surface area contributed by atoms with Gasteiger partial charge < -0.3 is 5.32 Å². The minimum Gasteiger partial charge on any atom is -0.320 e. The van der Waals surface area contributed by atoms with Crippen molar-refractivity contribution in [3.05, 3.63) is 89.0 Å². The molecule has 0 fully saturated rings. The predicted octanol–water partition coefficient (Wildman–Crippen LogP) is 4.67. The smallest absolute Gasteiger partial charge is 0.264 e. The van der Waals surface area contributed by atoms with Crippen LogP contribution in [0.4, 0.5) is 20.2 Å². The van der Waals surface area contributed by atoms with Gasteiger partial charge in [0.25, 0.3) is 15.9 Å². The minimum absolute atomic E-state index is 0.0110. The zero-order valence-corrected chi connectivity index (χ0v) is 15.7. The third-order valence-electron chi connectivity index (χ3n) is 3.71. The summed E-state index contributed by atoms with van der Waals surface area (Å²) in [6.45, 7) is 0. The van der Waals surface area contributed by atoms with E-state index in [-0.39, 0.29) is 22.0 Å². The Morgan fingerprint density at radius 3 is 2.25 bits per heavy atom. The second-order valence-electron chi connectivity index (χ2n) is 5.69. The highest BCUT2D eigenvalue weighted by Gasteiger charge is 2.21. The third-order valence-corrected chi connectivity index (χ3v) is 5.34. The highest BCUT2D eigenvalue weighted by atomic mass is 35.5. The van der Waals surface area contributed by atoms with Gasteiger partial charge in [-0.15, -0.1) is 0 Å². The van der Waals surface area contributed by atoms with Crippen LogP contribution in [0.1, 0.15) is 10.4 Å². The van der Waals surface area contributed by atoms with Crippen molar-refractivity contribution in [3.63, 3.8) is 0 Å². The van der Waals surface area contributed by atoms with E-state index in [1.807, 2.05) is 0 Å². The molecule has 0 bridgehead atoms. The molecular formula is C19H13ClF2N2O3S. The molecule has 0 aliphatic carbocycles. The number of anilines is 2. The fourth-order valence-corrected chi connectivity index (χ4v) is 3.70. The Kier molecular flexibility index (Phi) is 5.62. The van der Waals surface area contributed by atoms with Crippen LogP contribution < -0.4 is 10.0 Å². The molecule has 0 heterocycles. The van der Waals surface area contributed by atoms with E-state index in [2.05, 4.69) is 10.0 Å². The largest absolute Gasteiger partial charge is 0.320 e. The summed E-state index contributed by atoms with van der Waals surface area (Å²) >= 11 is 5.94. The van der Waals surface area contributed by atoms with E-state index in [9.17, 15) is 22.0 Å². The summed E-state index contributed by atoms with van der Waals surface area (Å²) in [5, 5.41) is 2.75. The molecule has 3 rings (SSSR count). The standard InChI is InChI=1S/C19H13ClF2N2O3S/c20-13-7-10-16(24-28(26,27)18-4-2-1-3-15(18)22)17(11-13)23-19(25)12-5-8-14(21)9-6-12/h1-11,24H,(H,23,25). The summed E-state index contributed by atoms with van der Waals surface area (Å²) in [5.74, 6) is -2.02. The van der Waals surface area contributed by atoms with Crippen molar-refractivity contribution in [2.45, 2.75) is 4.90 Å². The first-order valence-electron chi connectivity index (χ1n) is 7.90. The quantitative estimate of drug-likeness (QED) is 0.627. The van der Waals surface area contributed by atoms with E-state index in [1.165, 1.54) is 42.5 Å². The first-order chi connectivity index (χ1) is 13.3. The number of nitrogens with one attached hydrogen (secondary N) is 2. The number of rotatable bonds is 5. The molecule has 9 heteroatoms. The Bertz CT molecular complexity index is 1140. The van der Waals surface area contributed by atoms with Crippen molar-refractivity contribution in [3.8, 4) is 0 Å². The van der Waals surface area contributed by atoms with Gasteiger partial charge >= 0.3 is 0 Å². The van der Waals surface area contributed by atoms with E-state index in [1.54, 1.807) is 0 Å². The van der Waals surface area contributed by atoms with Gasteiger partial charge in [-0.1, -0.05) is 23.7 Å². The molecule has 3 aromatic carbocycles. The molecular weight excluding hydrogens is 410 g/mol. The molecule has 0 aromatic heterocycles. The number of benzene rings is 3. The van der Waals surface area contributed by atoms with Crippen LogP contribution in [0.25, 0.3) is 0 Å². The fourth-order valence-electron chi connectivity index (χ4n) is 2.37. The average Bonchev–Trinajstić information content (AvgIpc) is 2.64. The third kappa shape index (κ3) is 4.47. The van der Waals surface area contributed by atoms with Crippen LogP contribution in [0.15, 0.2) is 71.6 Å². The molecule has 3 aromatic rings. The number of hydrogen-bond acceptors (Lipinski definition) is 3. The second kappa shape index (κ2) is 7.95. The molecule has 0 aliphatic rings. The fraction of sp³-hybridized carbons (Fsp3) is 0. The van der Waals surface area contributed by atoms with Gasteiger partial charge in [0.2, 0.25) is 0 Å². The minimum atomic E-state index is -4.25. The average molecular weight is 423 g/mol. The molecule has 0 atom stereocenters. The zero-order valence-electron chi connectivity index (χ0n) is 14.1. The molecule has 144 valence electrons. The number of carbonyl (C=O) groups is 1. The Hall–Kier alpha value is -2.97. The van der Waals surface area contributed by atoms with Gasteiger partial charge in [-0.05, 0) is 54.6 Å². The number of halogens is 3. The van der Waals surface area contributed by atoms with E-state index >= 15 is 0 Å². The normalized spacial score (nSPS) is 11.1.